The van der Waals surface area contributed by atoms with Crippen molar-refractivity contribution < 1.29 is 13.2 Å². The molecule has 6 nitrogen and oxygen atoms in total. The maximum absolute atomic E-state index is 12.6. The van der Waals surface area contributed by atoms with E-state index in [0.29, 0.717) is 12.2 Å². The monoisotopic (exact) mass is 421 g/mol. The molecule has 1 amide bonds. The summed E-state index contributed by atoms with van der Waals surface area (Å²) < 4.78 is 25.5. The Morgan fingerprint density at radius 2 is 2.04 bits per heavy atom. The molecule has 0 bridgehead atoms. The fraction of sp³-hybridized carbons (Fsp3) is 0.500. The molecule has 0 aliphatic carbocycles. The Bertz CT molecular complexity index is 975. The number of anilines is 1. The normalized spacial score (nSPS) is 18.9. The first-order valence-corrected chi connectivity index (χ1v) is 12.1. The summed E-state index contributed by atoms with van der Waals surface area (Å²) in [5.41, 5.74) is 1.77. The molecule has 3 rings (SSSR count). The number of nitrogens with one attached hydrogen (secondary N) is 1. The van der Waals surface area contributed by atoms with Crippen LogP contribution in [0.4, 0.5) is 5.82 Å². The van der Waals surface area contributed by atoms with Crippen LogP contribution in [0.2, 0.25) is 0 Å². The first-order chi connectivity index (χ1) is 13.0. The lowest BCUT2D eigenvalue weighted by atomic mass is 9.92. The van der Waals surface area contributed by atoms with Crippen LogP contribution in [0.25, 0.3) is 0 Å². The van der Waals surface area contributed by atoms with E-state index in [9.17, 15) is 13.2 Å². The van der Waals surface area contributed by atoms with Gasteiger partial charge in [-0.3, -0.25) is 4.79 Å². The van der Waals surface area contributed by atoms with E-state index in [2.05, 4.69) is 10.4 Å². The predicted molar refractivity (Wildman–Crippen MR) is 114 cm³/mol. The van der Waals surface area contributed by atoms with Gasteiger partial charge in [0.05, 0.1) is 29.0 Å². The van der Waals surface area contributed by atoms with Gasteiger partial charge in [-0.15, -0.1) is 11.8 Å². The van der Waals surface area contributed by atoms with Crippen molar-refractivity contribution in [3.8, 4) is 0 Å². The SMILES string of the molecule is Cc1ccccc1SCC(=O)Nc1cc(C(C)(C)C)nn1[C@H]1CCS(=O)(=O)C1. The Labute approximate surface area is 171 Å². The second-order valence-electron chi connectivity index (χ2n) is 8.27. The van der Waals surface area contributed by atoms with Gasteiger partial charge in [0.1, 0.15) is 5.82 Å². The third kappa shape index (κ3) is 4.97. The topological polar surface area (TPSA) is 81.1 Å². The molecule has 2 heterocycles. The lowest BCUT2D eigenvalue weighted by Crippen LogP contribution is -2.21. The number of carbonyl (C=O) groups is 1. The van der Waals surface area contributed by atoms with Gasteiger partial charge in [-0.2, -0.15) is 5.10 Å². The van der Waals surface area contributed by atoms with Gasteiger partial charge in [0.2, 0.25) is 5.91 Å². The molecule has 8 heteroatoms. The second kappa shape index (κ2) is 7.91. The minimum Gasteiger partial charge on any atom is -0.310 e. The number of hydrogen-bond acceptors (Lipinski definition) is 5. The van der Waals surface area contributed by atoms with Crippen LogP contribution in [-0.2, 0) is 20.0 Å². The van der Waals surface area contributed by atoms with Crippen LogP contribution in [-0.4, -0.2) is 41.4 Å². The quantitative estimate of drug-likeness (QED) is 0.747. The van der Waals surface area contributed by atoms with Crippen molar-refractivity contribution in [2.75, 3.05) is 22.6 Å². The molecule has 28 heavy (non-hydrogen) atoms. The van der Waals surface area contributed by atoms with Crippen LogP contribution in [0.5, 0.6) is 0 Å². The summed E-state index contributed by atoms with van der Waals surface area (Å²) in [6, 6.07) is 9.58. The Morgan fingerprint density at radius 3 is 2.64 bits per heavy atom. The molecule has 1 aliphatic heterocycles. The van der Waals surface area contributed by atoms with E-state index >= 15 is 0 Å². The first kappa shape index (κ1) is 20.9. The maximum atomic E-state index is 12.6. The first-order valence-electron chi connectivity index (χ1n) is 9.34. The largest absolute Gasteiger partial charge is 0.310 e. The van der Waals surface area contributed by atoms with Crippen LogP contribution in [0.3, 0.4) is 0 Å². The molecule has 1 aromatic carbocycles. The number of thioether (sulfide) groups is 1. The molecule has 152 valence electrons. The van der Waals surface area contributed by atoms with Crippen molar-refractivity contribution in [1.82, 2.24) is 9.78 Å². The molecule has 1 N–H and O–H groups in total. The van der Waals surface area contributed by atoms with Gasteiger partial charge in [0, 0.05) is 16.4 Å². The number of aryl methyl sites for hydroxylation is 1. The predicted octanol–water partition coefficient (Wildman–Crippen LogP) is 3.58. The smallest absolute Gasteiger partial charge is 0.235 e. The number of hydrogen-bond donors (Lipinski definition) is 1. The van der Waals surface area contributed by atoms with Crippen molar-refractivity contribution in [2.45, 2.75) is 50.5 Å². The van der Waals surface area contributed by atoms with Crippen molar-refractivity contribution in [3.05, 3.63) is 41.6 Å². The van der Waals surface area contributed by atoms with Gasteiger partial charge in [0.15, 0.2) is 9.84 Å². The van der Waals surface area contributed by atoms with Crippen LogP contribution in [0, 0.1) is 6.92 Å². The number of aromatic nitrogens is 2. The van der Waals surface area contributed by atoms with E-state index in [-0.39, 0.29) is 34.6 Å². The average Bonchev–Trinajstić information content (AvgIpc) is 3.17. The lowest BCUT2D eigenvalue weighted by Gasteiger charge is -2.15. The van der Waals surface area contributed by atoms with Gasteiger partial charge in [-0.25, -0.2) is 13.1 Å². The molecule has 1 fully saturated rings. The molecular weight excluding hydrogens is 394 g/mol. The fourth-order valence-electron chi connectivity index (χ4n) is 3.14. The zero-order valence-electron chi connectivity index (χ0n) is 16.7. The summed E-state index contributed by atoms with van der Waals surface area (Å²) >= 11 is 1.49. The van der Waals surface area contributed by atoms with E-state index in [1.54, 1.807) is 4.68 Å². The Hall–Kier alpha value is -1.80. The number of nitrogens with zero attached hydrogens (tertiary/aromatic N) is 2. The minimum absolute atomic E-state index is 0.0685. The number of amides is 1. The third-order valence-electron chi connectivity index (χ3n) is 4.78. The minimum atomic E-state index is -3.04. The van der Waals surface area contributed by atoms with Gasteiger partial charge < -0.3 is 5.32 Å². The fourth-order valence-corrected chi connectivity index (χ4v) is 5.66. The van der Waals surface area contributed by atoms with Crippen molar-refractivity contribution in [1.29, 1.82) is 0 Å². The summed E-state index contributed by atoms with van der Waals surface area (Å²) in [4.78, 5) is 13.6. The van der Waals surface area contributed by atoms with Crippen LogP contribution in [0.15, 0.2) is 35.2 Å². The summed E-state index contributed by atoms with van der Waals surface area (Å²) in [5.74, 6) is 0.958. The van der Waals surface area contributed by atoms with E-state index in [0.717, 1.165) is 16.2 Å². The summed E-state index contributed by atoms with van der Waals surface area (Å²) in [7, 11) is -3.04. The van der Waals surface area contributed by atoms with Gasteiger partial charge in [0.25, 0.3) is 0 Å². The highest BCUT2D eigenvalue weighted by Crippen LogP contribution is 2.31. The Balaban J connectivity index is 1.77. The Morgan fingerprint density at radius 1 is 1.32 bits per heavy atom. The zero-order chi connectivity index (χ0) is 20.5. The molecule has 0 unspecified atom stereocenters. The van der Waals surface area contributed by atoms with E-state index in [1.165, 1.54) is 11.8 Å². The van der Waals surface area contributed by atoms with Gasteiger partial charge >= 0.3 is 0 Å². The van der Waals surface area contributed by atoms with Gasteiger partial charge in [-0.1, -0.05) is 39.0 Å². The van der Waals surface area contributed by atoms with E-state index in [4.69, 9.17) is 0 Å². The molecule has 0 spiro atoms. The molecule has 1 aliphatic rings. The number of sulfone groups is 1. The summed E-state index contributed by atoms with van der Waals surface area (Å²) in [5, 5.41) is 7.59. The zero-order valence-corrected chi connectivity index (χ0v) is 18.4. The maximum Gasteiger partial charge on any atom is 0.235 e. The average molecular weight is 422 g/mol. The summed E-state index contributed by atoms with van der Waals surface area (Å²) in [6.07, 6.45) is 0.522. The molecular formula is C20H27N3O3S2. The highest BCUT2D eigenvalue weighted by Gasteiger charge is 2.32. The van der Waals surface area contributed by atoms with Crippen molar-refractivity contribution in [3.63, 3.8) is 0 Å². The second-order valence-corrected chi connectivity index (χ2v) is 11.5. The molecule has 0 saturated carbocycles. The standard InChI is InChI=1S/C20H27N3O3S2/c1-14-7-5-6-8-16(14)27-12-19(24)21-18-11-17(20(2,3)4)22-23(18)15-9-10-28(25,26)13-15/h5-8,11,15H,9-10,12-13H2,1-4H3,(H,21,24)/t15-/m0/s1. The lowest BCUT2D eigenvalue weighted by molar-refractivity contribution is -0.113. The molecule has 0 radical (unpaired) electrons. The summed E-state index contributed by atoms with van der Waals surface area (Å²) in [6.45, 7) is 8.16. The molecule has 1 saturated heterocycles. The third-order valence-corrected chi connectivity index (χ3v) is 7.70. The molecule has 1 atom stereocenters. The van der Waals surface area contributed by atoms with Crippen LogP contribution in [0.1, 0.15) is 44.5 Å². The number of carbonyl (C=O) groups excluding carboxylic acids is 1. The highest BCUT2D eigenvalue weighted by atomic mass is 32.2. The van der Waals surface area contributed by atoms with Crippen molar-refractivity contribution in [2.24, 2.45) is 0 Å². The van der Waals surface area contributed by atoms with E-state index in [1.807, 2.05) is 58.0 Å². The highest BCUT2D eigenvalue weighted by molar-refractivity contribution is 8.00. The van der Waals surface area contributed by atoms with Crippen LogP contribution >= 0.6 is 11.8 Å². The van der Waals surface area contributed by atoms with Gasteiger partial charge in [-0.05, 0) is 25.0 Å². The molecule has 1 aromatic heterocycles. The van der Waals surface area contributed by atoms with Crippen LogP contribution < -0.4 is 5.32 Å². The number of benzene rings is 1. The Kier molecular flexibility index (Phi) is 5.91. The van der Waals surface area contributed by atoms with Crippen molar-refractivity contribution >= 4 is 33.3 Å². The molecule has 2 aromatic rings. The van der Waals surface area contributed by atoms with E-state index < -0.39 is 9.84 Å². The number of rotatable bonds is 5.